The van der Waals surface area contributed by atoms with Gasteiger partial charge in [0.25, 0.3) is 5.91 Å². The predicted octanol–water partition coefficient (Wildman–Crippen LogP) is 5.86. The summed E-state index contributed by atoms with van der Waals surface area (Å²) in [6.07, 6.45) is 3.90. The van der Waals surface area contributed by atoms with Crippen molar-refractivity contribution in [1.82, 2.24) is 24.9 Å². The Bertz CT molecular complexity index is 1780. The van der Waals surface area contributed by atoms with Crippen LogP contribution in [0.25, 0.3) is 11.2 Å². The van der Waals surface area contributed by atoms with Gasteiger partial charge < -0.3 is 10.0 Å². The van der Waals surface area contributed by atoms with Gasteiger partial charge in [0, 0.05) is 37.3 Å². The van der Waals surface area contributed by atoms with Gasteiger partial charge in [0.1, 0.15) is 11.1 Å². The van der Waals surface area contributed by atoms with E-state index in [1.807, 2.05) is 19.1 Å². The van der Waals surface area contributed by atoms with Crippen LogP contribution in [0.4, 0.5) is 17.6 Å². The van der Waals surface area contributed by atoms with E-state index in [0.29, 0.717) is 60.1 Å². The highest BCUT2D eigenvalue weighted by Gasteiger charge is 2.34. The average molecular weight is 610 g/mol. The fraction of sp³-hybridized carbons (Fsp3) is 0.406. The number of pyridine rings is 1. The molecular weight excluding hydrogens is 578 g/mol. The highest BCUT2D eigenvalue weighted by atomic mass is 19.2. The maximum Gasteiger partial charge on any atom is 0.307 e. The maximum absolute atomic E-state index is 15.2. The van der Waals surface area contributed by atoms with Crippen molar-refractivity contribution in [2.45, 2.75) is 71.4 Å². The monoisotopic (exact) mass is 609 g/mol. The predicted molar refractivity (Wildman–Crippen MR) is 152 cm³/mol. The van der Waals surface area contributed by atoms with Gasteiger partial charge in [-0.25, -0.2) is 27.2 Å². The van der Waals surface area contributed by atoms with Crippen LogP contribution in [0.3, 0.4) is 0 Å². The van der Waals surface area contributed by atoms with E-state index in [2.05, 4.69) is 15.3 Å². The number of carboxylic acids is 1. The zero-order chi connectivity index (χ0) is 31.3. The molecule has 8 nitrogen and oxygen atoms in total. The molecule has 230 valence electrons. The summed E-state index contributed by atoms with van der Waals surface area (Å²) in [5, 5.41) is 18.7. The molecule has 5 aliphatic heterocycles. The Balaban J connectivity index is 1.48. The number of aromatic nitrogens is 4. The molecule has 9 rings (SSSR count). The summed E-state index contributed by atoms with van der Waals surface area (Å²) in [4.78, 5) is 31.5. The molecule has 7 heterocycles. The van der Waals surface area contributed by atoms with Gasteiger partial charge in [0.15, 0.2) is 28.9 Å². The van der Waals surface area contributed by atoms with Crippen molar-refractivity contribution in [3.8, 4) is 0 Å². The van der Waals surface area contributed by atoms with Crippen LogP contribution in [0.2, 0.25) is 0 Å². The number of amides is 1. The zero-order valence-corrected chi connectivity index (χ0v) is 24.3. The van der Waals surface area contributed by atoms with E-state index in [9.17, 15) is 14.7 Å². The highest BCUT2D eigenvalue weighted by Crippen LogP contribution is 2.38. The van der Waals surface area contributed by atoms with Crippen molar-refractivity contribution in [2.24, 2.45) is 5.92 Å². The Morgan fingerprint density at radius 1 is 0.977 bits per heavy atom. The molecule has 0 radical (unpaired) electrons. The van der Waals surface area contributed by atoms with E-state index in [0.717, 1.165) is 16.0 Å². The molecule has 1 amide bonds. The Morgan fingerprint density at radius 2 is 1.70 bits per heavy atom. The van der Waals surface area contributed by atoms with Crippen LogP contribution in [0, 0.1) is 36.1 Å². The van der Waals surface area contributed by atoms with Crippen LogP contribution in [-0.4, -0.2) is 48.4 Å². The average Bonchev–Trinajstić information content (AvgIpc) is 3.43. The summed E-state index contributed by atoms with van der Waals surface area (Å²) >= 11 is 0. The lowest BCUT2D eigenvalue weighted by atomic mass is 9.79. The van der Waals surface area contributed by atoms with Gasteiger partial charge in [0.05, 0.1) is 5.92 Å². The highest BCUT2D eigenvalue weighted by molar-refractivity contribution is 5.95. The topological polar surface area (TPSA) is 101 Å². The molecule has 2 aromatic heterocycles. The number of carbonyl (C=O) groups is 2. The Morgan fingerprint density at radius 3 is 2.43 bits per heavy atom. The van der Waals surface area contributed by atoms with E-state index in [1.54, 1.807) is 23.9 Å². The fourth-order valence-electron chi connectivity index (χ4n) is 6.49. The molecule has 0 saturated heterocycles. The lowest BCUT2D eigenvalue weighted by Gasteiger charge is -2.31. The number of hydrogen-bond donors (Lipinski definition) is 1. The molecule has 2 atom stereocenters. The smallest absolute Gasteiger partial charge is 0.307 e. The summed E-state index contributed by atoms with van der Waals surface area (Å²) in [5.74, 6) is -10.2. The first-order chi connectivity index (χ1) is 21.1. The lowest BCUT2D eigenvalue weighted by Crippen LogP contribution is -2.37. The van der Waals surface area contributed by atoms with E-state index in [4.69, 9.17) is 0 Å². The van der Waals surface area contributed by atoms with Gasteiger partial charge in [-0.3, -0.25) is 9.59 Å². The SMILES string of the molecule is Cc1c2cnc3c1nnn3CCCCCCc1c(F)c(F)c(c(F)c1F)C(=O)N1CCc3ccc(cc3C1)[C@@H]2[C@@H](C)C(=O)O. The van der Waals surface area contributed by atoms with E-state index < -0.39 is 58.1 Å². The standard InChI is InChI=1S/C32H31F4N5O3/c1-16-22-14-37-30-29(16)38-39-41(30)11-6-4-3-5-7-21-25(33)27(35)24(28(36)26(21)34)31(42)40-12-10-18-8-9-19(13-20(18)15-40)23(22)17(2)32(43)44/h8-9,13-14,17,23H,3-7,10-12,15H2,1-2H3,(H,43,44)/t17-,23+/m1/s1. The summed E-state index contributed by atoms with van der Waals surface area (Å²) in [6, 6.07) is 5.46. The van der Waals surface area contributed by atoms with Gasteiger partial charge in [0.2, 0.25) is 0 Å². The first kappa shape index (κ1) is 29.7. The van der Waals surface area contributed by atoms with Gasteiger partial charge in [-0.05, 0) is 60.4 Å². The minimum Gasteiger partial charge on any atom is -0.481 e. The van der Waals surface area contributed by atoms with Gasteiger partial charge in [-0.15, -0.1) is 5.10 Å². The van der Waals surface area contributed by atoms with Crippen molar-refractivity contribution in [3.63, 3.8) is 0 Å². The number of aliphatic carboxylic acids is 1. The maximum atomic E-state index is 15.2. The number of benzene rings is 2. The summed E-state index contributed by atoms with van der Waals surface area (Å²) in [7, 11) is 0. The van der Waals surface area contributed by atoms with Crippen molar-refractivity contribution >= 4 is 23.0 Å². The molecule has 9 bridgehead atoms. The van der Waals surface area contributed by atoms with Crippen molar-refractivity contribution in [2.75, 3.05) is 6.54 Å². The van der Waals surface area contributed by atoms with Gasteiger partial charge in [-0.1, -0.05) is 43.2 Å². The first-order valence-corrected chi connectivity index (χ1v) is 14.8. The van der Waals surface area contributed by atoms with Gasteiger partial charge in [-0.2, -0.15) is 0 Å². The van der Waals surface area contributed by atoms with Crippen molar-refractivity contribution in [1.29, 1.82) is 0 Å². The molecule has 0 unspecified atom stereocenters. The number of nitrogens with zero attached hydrogens (tertiary/aromatic N) is 5. The first-order valence-electron chi connectivity index (χ1n) is 14.8. The number of aryl methyl sites for hydroxylation is 2. The number of carboxylic acid groups (broad SMARTS) is 1. The Hall–Kier alpha value is -4.35. The molecule has 2 aromatic carbocycles. The largest absolute Gasteiger partial charge is 0.481 e. The minimum atomic E-state index is -1.69. The van der Waals surface area contributed by atoms with Crippen LogP contribution in [0.5, 0.6) is 0 Å². The second kappa shape index (κ2) is 11.6. The third kappa shape index (κ3) is 4.99. The molecule has 0 saturated carbocycles. The van der Waals surface area contributed by atoms with E-state index in [-0.39, 0.29) is 25.9 Å². The van der Waals surface area contributed by atoms with Crippen LogP contribution in [0.15, 0.2) is 24.4 Å². The third-order valence-corrected chi connectivity index (χ3v) is 9.05. The van der Waals surface area contributed by atoms with Crippen LogP contribution in [-0.2, 0) is 30.7 Å². The molecule has 0 aliphatic carbocycles. The Labute approximate surface area is 250 Å². The molecule has 12 heteroatoms. The third-order valence-electron chi connectivity index (χ3n) is 9.05. The quantitative estimate of drug-likeness (QED) is 0.226. The molecular formula is C32H31F4N5O3. The van der Waals surface area contributed by atoms with E-state index >= 15 is 17.6 Å². The second-order valence-corrected chi connectivity index (χ2v) is 11.7. The number of rotatable bonds is 2. The van der Waals surface area contributed by atoms with Crippen LogP contribution in [0.1, 0.15) is 82.3 Å². The molecule has 0 fully saturated rings. The fourth-order valence-corrected chi connectivity index (χ4v) is 6.49. The summed E-state index contributed by atoms with van der Waals surface area (Å²) < 4.78 is 62.1. The molecule has 44 heavy (non-hydrogen) atoms. The van der Waals surface area contributed by atoms with Crippen LogP contribution < -0.4 is 0 Å². The molecule has 4 aromatic rings. The normalized spacial score (nSPS) is 18.2. The van der Waals surface area contributed by atoms with Gasteiger partial charge >= 0.3 is 5.97 Å². The molecule has 5 aliphatic rings. The van der Waals surface area contributed by atoms with Crippen LogP contribution >= 0.6 is 0 Å². The summed E-state index contributed by atoms with van der Waals surface area (Å²) in [6.45, 7) is 3.94. The van der Waals surface area contributed by atoms with Crippen molar-refractivity contribution < 1.29 is 32.3 Å². The zero-order valence-electron chi connectivity index (χ0n) is 24.3. The number of carbonyl (C=O) groups excluding carboxylic acids is 1. The Kier molecular flexibility index (Phi) is 7.85. The second-order valence-electron chi connectivity index (χ2n) is 11.7. The summed E-state index contributed by atoms with van der Waals surface area (Å²) in [5.41, 5.74) is 2.76. The van der Waals surface area contributed by atoms with Crippen molar-refractivity contribution in [3.05, 3.63) is 86.6 Å². The minimum absolute atomic E-state index is 0.0787. The lowest BCUT2D eigenvalue weighted by molar-refractivity contribution is -0.141. The number of hydrogen-bond acceptors (Lipinski definition) is 5. The van der Waals surface area contributed by atoms with E-state index in [1.165, 1.54) is 0 Å². The number of halogens is 4. The molecule has 0 spiro atoms. The molecule has 1 N–H and O–H groups in total.